The molecule has 1 amide bonds. The first kappa shape index (κ1) is 36.8. The zero-order valence-corrected chi connectivity index (χ0v) is 30.2. The van der Waals surface area contributed by atoms with E-state index in [0.717, 1.165) is 59.9 Å². The van der Waals surface area contributed by atoms with Crippen LogP contribution in [0.3, 0.4) is 0 Å². The van der Waals surface area contributed by atoms with Gasteiger partial charge in [0, 0.05) is 67.2 Å². The Bertz CT molecular complexity index is 1980. The Labute approximate surface area is 310 Å². The molecule has 1 aliphatic carbocycles. The maximum absolute atomic E-state index is 14.5. The second kappa shape index (κ2) is 15.8. The lowest BCUT2D eigenvalue weighted by atomic mass is 9.98. The number of alkyl halides is 3. The molecule has 53 heavy (non-hydrogen) atoms. The number of halogens is 4. The fourth-order valence-corrected chi connectivity index (χ4v) is 7.56. The third-order valence-corrected chi connectivity index (χ3v) is 10.3. The number of nitrogens with zero attached hydrogens (tertiary/aromatic N) is 3. The standard InChI is InChI=1S/C38H41ClF3N7O4/c1-51-36-23(19-44-24-11-14-53-15-12-24)17-29(39)34(48-36)21-10-13-43-31(18-21)27-5-3-4-26-25(27)6-7-30(26)46-35-28(38(40,41)42)16-22(37(49-35)52-2)20-45-32-8-9-33(50)47-32/h3-5,10,13,16-18,24,30,32,44-45H,6-9,11-12,14-15,19-20H2,1-2H3,(H,46,49)(H,47,50)/t30-,32-/m0/s1. The van der Waals surface area contributed by atoms with Gasteiger partial charge in [-0.3, -0.25) is 15.1 Å². The molecule has 0 spiro atoms. The molecule has 1 aromatic carbocycles. The van der Waals surface area contributed by atoms with Gasteiger partial charge in [-0.15, -0.1) is 0 Å². The van der Waals surface area contributed by atoms with E-state index in [-0.39, 0.29) is 35.9 Å². The molecular formula is C38H41ClF3N7O4. The normalized spacial score (nSPS) is 18.9. The van der Waals surface area contributed by atoms with Gasteiger partial charge in [0.05, 0.1) is 48.4 Å². The van der Waals surface area contributed by atoms with Crippen molar-refractivity contribution in [1.82, 2.24) is 30.9 Å². The molecule has 4 aromatic rings. The monoisotopic (exact) mass is 751 g/mol. The van der Waals surface area contributed by atoms with Crippen LogP contribution in [0.1, 0.15) is 66.0 Å². The maximum Gasteiger partial charge on any atom is 0.419 e. The number of nitrogens with one attached hydrogen (secondary N) is 4. The van der Waals surface area contributed by atoms with E-state index in [0.29, 0.717) is 60.6 Å². The largest absolute Gasteiger partial charge is 0.481 e. The van der Waals surface area contributed by atoms with Crippen LogP contribution in [0.15, 0.2) is 48.7 Å². The van der Waals surface area contributed by atoms with Gasteiger partial charge in [-0.25, -0.2) is 4.98 Å². The van der Waals surface area contributed by atoms with Gasteiger partial charge in [-0.2, -0.15) is 18.2 Å². The lowest BCUT2D eigenvalue weighted by Gasteiger charge is -2.23. The quantitative estimate of drug-likeness (QED) is 0.126. The second-order valence-corrected chi connectivity index (χ2v) is 13.8. The molecule has 0 bridgehead atoms. The van der Waals surface area contributed by atoms with Crippen molar-refractivity contribution in [3.8, 4) is 34.3 Å². The number of carbonyl (C=O) groups excluding carboxylic acids is 1. The number of fused-ring (bicyclic) bond motifs is 1. The number of amides is 1. The Hall–Kier alpha value is -4.50. The number of hydrogen-bond donors (Lipinski definition) is 4. The number of aromatic nitrogens is 3. The fraction of sp³-hybridized carbons (Fsp3) is 0.421. The van der Waals surface area contributed by atoms with Gasteiger partial charge in [0.15, 0.2) is 0 Å². The molecule has 2 fully saturated rings. The summed E-state index contributed by atoms with van der Waals surface area (Å²) in [6.07, 6.45) is 0.644. The van der Waals surface area contributed by atoms with Crippen LogP contribution in [0.5, 0.6) is 11.8 Å². The fourth-order valence-electron chi connectivity index (χ4n) is 7.27. The zero-order valence-electron chi connectivity index (χ0n) is 29.4. The Morgan fingerprint density at radius 1 is 0.943 bits per heavy atom. The molecule has 2 saturated heterocycles. The third-order valence-electron chi connectivity index (χ3n) is 10.00. The van der Waals surface area contributed by atoms with Crippen LogP contribution in [0.25, 0.3) is 22.5 Å². The van der Waals surface area contributed by atoms with E-state index >= 15 is 0 Å². The molecule has 0 unspecified atom stereocenters. The first-order valence-electron chi connectivity index (χ1n) is 17.7. The number of benzene rings is 1. The first-order chi connectivity index (χ1) is 25.6. The Balaban J connectivity index is 1.13. The van der Waals surface area contributed by atoms with Crippen LogP contribution in [0.2, 0.25) is 5.02 Å². The van der Waals surface area contributed by atoms with E-state index in [9.17, 15) is 18.0 Å². The lowest BCUT2D eigenvalue weighted by Crippen LogP contribution is -2.38. The number of anilines is 1. The summed E-state index contributed by atoms with van der Waals surface area (Å²) in [6.45, 7) is 2.07. The molecule has 0 radical (unpaired) electrons. The number of carbonyl (C=O) groups is 1. The summed E-state index contributed by atoms with van der Waals surface area (Å²) >= 11 is 6.82. The summed E-state index contributed by atoms with van der Waals surface area (Å²) in [7, 11) is 2.96. The molecule has 7 rings (SSSR count). The van der Waals surface area contributed by atoms with Crippen molar-refractivity contribution < 1.29 is 32.2 Å². The van der Waals surface area contributed by atoms with Crippen molar-refractivity contribution in [3.05, 3.63) is 81.5 Å². The van der Waals surface area contributed by atoms with Gasteiger partial charge in [0.2, 0.25) is 17.7 Å². The second-order valence-electron chi connectivity index (χ2n) is 13.4. The highest BCUT2D eigenvalue weighted by Gasteiger charge is 2.37. The van der Waals surface area contributed by atoms with Gasteiger partial charge in [0.1, 0.15) is 5.82 Å². The van der Waals surface area contributed by atoms with Crippen molar-refractivity contribution in [2.75, 3.05) is 32.8 Å². The van der Waals surface area contributed by atoms with Crippen molar-refractivity contribution in [2.24, 2.45) is 0 Å². The summed E-state index contributed by atoms with van der Waals surface area (Å²) in [5.74, 6) is 0.134. The average molecular weight is 752 g/mol. The smallest absolute Gasteiger partial charge is 0.419 e. The van der Waals surface area contributed by atoms with Gasteiger partial charge in [-0.1, -0.05) is 29.8 Å². The average Bonchev–Trinajstić information content (AvgIpc) is 3.78. The Morgan fingerprint density at radius 2 is 1.70 bits per heavy atom. The number of methoxy groups -OCH3 is 2. The van der Waals surface area contributed by atoms with Crippen molar-refractivity contribution in [3.63, 3.8) is 0 Å². The van der Waals surface area contributed by atoms with Crippen molar-refractivity contribution >= 4 is 23.3 Å². The molecule has 15 heteroatoms. The van der Waals surface area contributed by atoms with Crippen LogP contribution < -0.4 is 30.7 Å². The van der Waals surface area contributed by atoms with Crippen molar-refractivity contribution in [2.45, 2.75) is 76.0 Å². The van der Waals surface area contributed by atoms with E-state index in [4.69, 9.17) is 30.8 Å². The molecule has 3 aromatic heterocycles. The van der Waals surface area contributed by atoms with E-state index in [1.165, 1.54) is 7.11 Å². The Kier molecular flexibility index (Phi) is 11.0. The van der Waals surface area contributed by atoms with E-state index < -0.39 is 17.8 Å². The molecular weight excluding hydrogens is 711 g/mol. The maximum atomic E-state index is 14.5. The first-order valence-corrected chi connectivity index (χ1v) is 18.1. The summed E-state index contributed by atoms with van der Waals surface area (Å²) in [4.78, 5) is 25.4. The minimum atomic E-state index is -4.68. The third kappa shape index (κ3) is 8.20. The minimum Gasteiger partial charge on any atom is -0.481 e. The number of ether oxygens (including phenoxy) is 3. The predicted molar refractivity (Wildman–Crippen MR) is 194 cm³/mol. The SMILES string of the molecule is COc1nc(N[C@H]2CCc3c(-c4cc(-c5nc(OC)c(CNC6CCOCC6)cc5Cl)ccn4)cccc32)c(C(F)(F)F)cc1CN[C@@H]1CCC(=O)N1. The summed E-state index contributed by atoms with van der Waals surface area (Å²) in [5, 5.41) is 13.0. The molecule has 5 heterocycles. The van der Waals surface area contributed by atoms with Gasteiger partial charge < -0.3 is 30.2 Å². The lowest BCUT2D eigenvalue weighted by molar-refractivity contribution is -0.137. The summed E-state index contributed by atoms with van der Waals surface area (Å²) < 4.78 is 60.0. The number of rotatable bonds is 12. The molecule has 4 N–H and O–H groups in total. The topological polar surface area (TPSA) is 132 Å². The van der Waals surface area contributed by atoms with E-state index in [2.05, 4.69) is 31.2 Å². The molecule has 3 aliphatic rings. The molecule has 2 aliphatic heterocycles. The van der Waals surface area contributed by atoms with Crippen LogP contribution in [0.4, 0.5) is 19.0 Å². The zero-order chi connectivity index (χ0) is 37.1. The van der Waals surface area contributed by atoms with Gasteiger partial charge in [-0.05, 0) is 67.5 Å². The summed E-state index contributed by atoms with van der Waals surface area (Å²) in [6, 6.07) is 12.4. The van der Waals surface area contributed by atoms with Gasteiger partial charge >= 0.3 is 6.18 Å². The van der Waals surface area contributed by atoms with Crippen LogP contribution >= 0.6 is 11.6 Å². The minimum absolute atomic E-state index is 0.0393. The van der Waals surface area contributed by atoms with E-state index in [1.807, 2.05) is 36.4 Å². The van der Waals surface area contributed by atoms with Crippen molar-refractivity contribution in [1.29, 1.82) is 0 Å². The molecule has 0 saturated carbocycles. The number of hydrogen-bond acceptors (Lipinski definition) is 10. The summed E-state index contributed by atoms with van der Waals surface area (Å²) in [5.41, 5.74) is 4.92. The highest BCUT2D eigenvalue weighted by Crippen LogP contribution is 2.43. The Morgan fingerprint density at radius 3 is 2.43 bits per heavy atom. The van der Waals surface area contributed by atoms with Crippen LogP contribution in [-0.4, -0.2) is 60.5 Å². The van der Waals surface area contributed by atoms with Gasteiger partial charge in [0.25, 0.3) is 0 Å². The molecule has 2 atom stereocenters. The predicted octanol–water partition coefficient (Wildman–Crippen LogP) is 6.59. The molecule has 11 nitrogen and oxygen atoms in total. The van der Waals surface area contributed by atoms with Crippen LogP contribution in [0, 0.1) is 0 Å². The molecule has 280 valence electrons. The highest BCUT2D eigenvalue weighted by molar-refractivity contribution is 6.33. The number of pyridine rings is 3. The van der Waals surface area contributed by atoms with Crippen LogP contribution in [-0.2, 0) is 35.2 Å². The van der Waals surface area contributed by atoms with E-state index in [1.54, 1.807) is 13.3 Å². The highest BCUT2D eigenvalue weighted by atomic mass is 35.5.